The fourth-order valence-electron chi connectivity index (χ4n) is 3.40. The van der Waals surface area contributed by atoms with Gasteiger partial charge in [0.2, 0.25) is 11.8 Å². The molecule has 2 amide bonds. The number of hydrogen-bond acceptors (Lipinski definition) is 3. The molecule has 3 aromatic rings. The smallest absolute Gasteiger partial charge is 0.224 e. The van der Waals surface area contributed by atoms with Crippen molar-refractivity contribution in [2.75, 3.05) is 6.54 Å². The second-order valence-electron chi connectivity index (χ2n) is 6.94. The highest BCUT2D eigenvalue weighted by molar-refractivity contribution is 5.81. The van der Waals surface area contributed by atoms with Crippen LogP contribution in [0.4, 0.5) is 0 Å². The largest absolute Gasteiger partial charge is 0.352 e. The van der Waals surface area contributed by atoms with Crippen molar-refractivity contribution < 1.29 is 9.59 Å². The van der Waals surface area contributed by atoms with Crippen LogP contribution < -0.4 is 5.32 Å². The van der Waals surface area contributed by atoms with Gasteiger partial charge in [-0.25, -0.2) is 4.98 Å². The molecule has 138 valence electrons. The molecule has 0 radical (unpaired) electrons. The maximum Gasteiger partial charge on any atom is 0.224 e. The van der Waals surface area contributed by atoms with E-state index in [1.54, 1.807) is 6.33 Å². The zero-order valence-electron chi connectivity index (χ0n) is 15.1. The Balaban J connectivity index is 1.28. The van der Waals surface area contributed by atoms with Crippen molar-refractivity contribution in [3.8, 4) is 0 Å². The monoisotopic (exact) mass is 362 g/mol. The van der Waals surface area contributed by atoms with Crippen molar-refractivity contribution in [2.24, 2.45) is 0 Å². The number of likely N-dealkylation sites (tertiary alicyclic amines) is 1. The van der Waals surface area contributed by atoms with Gasteiger partial charge in [-0.1, -0.05) is 30.3 Å². The standard InChI is InChI=1S/C21H22N4O2/c26-20(11-17-7-8-18-19(10-17)24-14-23-18)22-12-15-3-5-16(6-4-15)13-25-9-1-2-21(25)27/h3-8,10,14H,1-2,9,11-13H2,(H,22,26)(H,23,24). The number of rotatable bonds is 6. The fraction of sp³-hybridized carbons (Fsp3) is 0.286. The molecule has 0 saturated carbocycles. The Bertz CT molecular complexity index is 962. The summed E-state index contributed by atoms with van der Waals surface area (Å²) < 4.78 is 0. The van der Waals surface area contributed by atoms with Crippen LogP contribution in [0.5, 0.6) is 0 Å². The van der Waals surface area contributed by atoms with Gasteiger partial charge in [-0.15, -0.1) is 0 Å². The van der Waals surface area contributed by atoms with Crippen LogP contribution in [-0.4, -0.2) is 33.2 Å². The number of imidazole rings is 1. The molecule has 6 heteroatoms. The number of fused-ring (bicyclic) bond motifs is 1. The third kappa shape index (κ3) is 4.16. The minimum atomic E-state index is -0.0133. The molecule has 0 atom stereocenters. The molecular formula is C21H22N4O2. The Morgan fingerprint density at radius 2 is 1.89 bits per heavy atom. The number of amides is 2. The normalized spacial score (nSPS) is 14.1. The molecule has 27 heavy (non-hydrogen) atoms. The topological polar surface area (TPSA) is 78.1 Å². The summed E-state index contributed by atoms with van der Waals surface area (Å²) in [5.41, 5.74) is 4.95. The van der Waals surface area contributed by atoms with Crippen molar-refractivity contribution in [3.05, 3.63) is 65.5 Å². The summed E-state index contributed by atoms with van der Waals surface area (Å²) in [5.74, 6) is 0.222. The molecule has 6 nitrogen and oxygen atoms in total. The van der Waals surface area contributed by atoms with E-state index >= 15 is 0 Å². The predicted molar refractivity (Wildman–Crippen MR) is 103 cm³/mol. The van der Waals surface area contributed by atoms with Crippen LogP contribution in [0.25, 0.3) is 11.0 Å². The van der Waals surface area contributed by atoms with Gasteiger partial charge in [-0.2, -0.15) is 0 Å². The first kappa shape index (κ1) is 17.3. The molecule has 1 aliphatic rings. The fourth-order valence-corrected chi connectivity index (χ4v) is 3.40. The van der Waals surface area contributed by atoms with Crippen LogP contribution in [0.2, 0.25) is 0 Å². The summed E-state index contributed by atoms with van der Waals surface area (Å²) in [6, 6.07) is 13.9. The number of nitrogens with zero attached hydrogens (tertiary/aromatic N) is 2. The highest BCUT2D eigenvalue weighted by atomic mass is 16.2. The van der Waals surface area contributed by atoms with Crippen LogP contribution in [0.15, 0.2) is 48.8 Å². The first-order chi connectivity index (χ1) is 13.2. The SMILES string of the molecule is O=C(Cc1ccc2nc[nH]c2c1)NCc1ccc(CN2CCCC2=O)cc1. The second kappa shape index (κ2) is 7.61. The zero-order chi connectivity index (χ0) is 18.6. The molecule has 2 N–H and O–H groups in total. The lowest BCUT2D eigenvalue weighted by Crippen LogP contribution is -2.25. The molecule has 0 aliphatic carbocycles. The minimum Gasteiger partial charge on any atom is -0.352 e. The number of aromatic amines is 1. The molecule has 2 aromatic carbocycles. The predicted octanol–water partition coefficient (Wildman–Crippen LogP) is 2.54. The zero-order valence-corrected chi connectivity index (χ0v) is 15.1. The Labute approximate surface area is 157 Å². The number of aromatic nitrogens is 2. The van der Waals surface area contributed by atoms with Gasteiger partial charge in [-0.05, 0) is 35.2 Å². The molecule has 0 unspecified atom stereocenters. The average Bonchev–Trinajstić information content (AvgIpc) is 3.30. The van der Waals surface area contributed by atoms with Gasteiger partial charge in [0.25, 0.3) is 0 Å². The van der Waals surface area contributed by atoms with Gasteiger partial charge in [0, 0.05) is 26.1 Å². The molecule has 2 heterocycles. The summed E-state index contributed by atoms with van der Waals surface area (Å²) in [6.45, 7) is 2.01. The van der Waals surface area contributed by atoms with Gasteiger partial charge in [-0.3, -0.25) is 9.59 Å². The first-order valence-corrected chi connectivity index (χ1v) is 9.22. The maximum atomic E-state index is 12.2. The molecule has 1 aliphatic heterocycles. The Morgan fingerprint density at radius 1 is 1.11 bits per heavy atom. The summed E-state index contributed by atoms with van der Waals surface area (Å²) in [4.78, 5) is 33.0. The molecule has 1 fully saturated rings. The van der Waals surface area contributed by atoms with Crippen molar-refractivity contribution in [1.29, 1.82) is 0 Å². The summed E-state index contributed by atoms with van der Waals surface area (Å²) in [7, 11) is 0. The lowest BCUT2D eigenvalue weighted by atomic mass is 10.1. The number of benzene rings is 2. The quantitative estimate of drug-likeness (QED) is 0.707. The maximum absolute atomic E-state index is 12.2. The van der Waals surface area contributed by atoms with Crippen LogP contribution in [0.3, 0.4) is 0 Å². The summed E-state index contributed by atoms with van der Waals surface area (Å²) in [5, 5.41) is 2.96. The van der Waals surface area contributed by atoms with E-state index in [4.69, 9.17) is 0 Å². The highest BCUT2D eigenvalue weighted by Gasteiger charge is 2.19. The first-order valence-electron chi connectivity index (χ1n) is 9.22. The van der Waals surface area contributed by atoms with Crippen molar-refractivity contribution >= 4 is 22.8 Å². The average molecular weight is 362 g/mol. The molecular weight excluding hydrogens is 340 g/mol. The Morgan fingerprint density at radius 3 is 2.67 bits per heavy atom. The number of hydrogen-bond donors (Lipinski definition) is 2. The number of carbonyl (C=O) groups excluding carboxylic acids is 2. The molecule has 1 aromatic heterocycles. The Hall–Kier alpha value is -3.15. The number of nitrogens with one attached hydrogen (secondary N) is 2. The highest BCUT2D eigenvalue weighted by Crippen LogP contribution is 2.15. The van der Waals surface area contributed by atoms with Gasteiger partial charge in [0.15, 0.2) is 0 Å². The van der Waals surface area contributed by atoms with E-state index in [-0.39, 0.29) is 11.8 Å². The van der Waals surface area contributed by atoms with E-state index in [1.807, 2.05) is 47.4 Å². The lowest BCUT2D eigenvalue weighted by Gasteiger charge is -2.15. The van der Waals surface area contributed by atoms with Crippen molar-refractivity contribution in [3.63, 3.8) is 0 Å². The summed E-state index contributed by atoms with van der Waals surface area (Å²) in [6.07, 6.45) is 3.61. The van der Waals surface area contributed by atoms with Crippen molar-refractivity contribution in [1.82, 2.24) is 20.2 Å². The van der Waals surface area contributed by atoms with E-state index in [0.717, 1.165) is 40.7 Å². The summed E-state index contributed by atoms with van der Waals surface area (Å²) >= 11 is 0. The molecule has 1 saturated heterocycles. The van der Waals surface area contributed by atoms with E-state index < -0.39 is 0 Å². The number of H-pyrrole nitrogens is 1. The minimum absolute atomic E-state index is 0.0133. The van der Waals surface area contributed by atoms with Gasteiger partial charge in [0.1, 0.15) is 0 Å². The van der Waals surface area contributed by atoms with E-state index in [2.05, 4.69) is 15.3 Å². The van der Waals surface area contributed by atoms with E-state index in [9.17, 15) is 9.59 Å². The van der Waals surface area contributed by atoms with Gasteiger partial charge >= 0.3 is 0 Å². The van der Waals surface area contributed by atoms with E-state index in [0.29, 0.717) is 25.9 Å². The number of carbonyl (C=O) groups is 2. The molecule has 0 bridgehead atoms. The van der Waals surface area contributed by atoms with Crippen LogP contribution in [0.1, 0.15) is 29.5 Å². The van der Waals surface area contributed by atoms with Crippen molar-refractivity contribution in [2.45, 2.75) is 32.4 Å². The molecule has 4 rings (SSSR count). The van der Waals surface area contributed by atoms with E-state index in [1.165, 1.54) is 0 Å². The third-order valence-corrected chi connectivity index (χ3v) is 4.91. The lowest BCUT2D eigenvalue weighted by molar-refractivity contribution is -0.128. The third-order valence-electron chi connectivity index (χ3n) is 4.91. The molecule has 0 spiro atoms. The second-order valence-corrected chi connectivity index (χ2v) is 6.94. The van der Waals surface area contributed by atoms with Crippen LogP contribution in [-0.2, 0) is 29.1 Å². The van der Waals surface area contributed by atoms with Crippen LogP contribution in [0, 0.1) is 0 Å². The van der Waals surface area contributed by atoms with Crippen LogP contribution >= 0.6 is 0 Å². The Kier molecular flexibility index (Phi) is 4.87. The van der Waals surface area contributed by atoms with Gasteiger partial charge in [0.05, 0.1) is 23.8 Å². The van der Waals surface area contributed by atoms with Gasteiger partial charge < -0.3 is 15.2 Å².